The zero-order valence-electron chi connectivity index (χ0n) is 8.47. The molecule has 0 aliphatic heterocycles. The average molecular weight is 176 g/mol. The van der Waals surface area contributed by atoms with Gasteiger partial charge in [0, 0.05) is 0 Å². The third-order valence-electron chi connectivity index (χ3n) is 4.30. The lowest BCUT2D eigenvalue weighted by Gasteiger charge is -2.32. The predicted molar refractivity (Wildman–Crippen MR) is 55.5 cm³/mol. The van der Waals surface area contributed by atoms with Crippen molar-refractivity contribution < 1.29 is 0 Å². The summed E-state index contributed by atoms with van der Waals surface area (Å²) in [4.78, 5) is 0. The smallest absolute Gasteiger partial charge is 0.0202 e. The van der Waals surface area contributed by atoms with Crippen LogP contribution in [-0.2, 0) is 0 Å². The Morgan fingerprint density at radius 3 is 2.69 bits per heavy atom. The SMILES string of the molecule is C1=C2CCCCC2CCC1C1CC1. The van der Waals surface area contributed by atoms with Gasteiger partial charge in [-0.15, -0.1) is 0 Å². The standard InChI is InChI=1S/C13H20/c1-2-4-12-9-13(11-5-6-11)8-7-10(12)3-1/h9-11,13H,1-8H2. The summed E-state index contributed by atoms with van der Waals surface area (Å²) in [6, 6.07) is 0. The van der Waals surface area contributed by atoms with Crippen molar-refractivity contribution in [3.63, 3.8) is 0 Å². The second-order valence-electron chi connectivity index (χ2n) is 5.26. The zero-order valence-corrected chi connectivity index (χ0v) is 8.47. The molecule has 0 N–H and O–H groups in total. The average Bonchev–Trinajstić information content (AvgIpc) is 3.00. The molecule has 0 amide bonds. The van der Waals surface area contributed by atoms with Gasteiger partial charge in [0.2, 0.25) is 0 Å². The van der Waals surface area contributed by atoms with E-state index in [0.29, 0.717) is 0 Å². The number of hydrogen-bond donors (Lipinski definition) is 0. The highest BCUT2D eigenvalue weighted by Gasteiger charge is 2.34. The minimum Gasteiger partial charge on any atom is -0.0817 e. The van der Waals surface area contributed by atoms with E-state index in [0.717, 1.165) is 17.8 Å². The molecule has 3 rings (SSSR count). The molecule has 0 bridgehead atoms. The van der Waals surface area contributed by atoms with Gasteiger partial charge in [-0.1, -0.05) is 18.1 Å². The Morgan fingerprint density at radius 1 is 0.923 bits per heavy atom. The van der Waals surface area contributed by atoms with Crippen LogP contribution in [0.2, 0.25) is 0 Å². The molecule has 2 saturated carbocycles. The molecule has 0 aromatic heterocycles. The van der Waals surface area contributed by atoms with Crippen LogP contribution in [0.4, 0.5) is 0 Å². The van der Waals surface area contributed by atoms with Crippen molar-refractivity contribution in [1.82, 2.24) is 0 Å². The predicted octanol–water partition coefficient (Wildman–Crippen LogP) is 3.92. The van der Waals surface area contributed by atoms with Gasteiger partial charge in [0.25, 0.3) is 0 Å². The Bertz CT molecular complexity index is 222. The second kappa shape index (κ2) is 3.15. The first-order valence-corrected chi connectivity index (χ1v) is 6.14. The maximum Gasteiger partial charge on any atom is -0.0202 e. The Kier molecular flexibility index (Phi) is 1.96. The number of allylic oxidation sites excluding steroid dienone is 2. The van der Waals surface area contributed by atoms with Crippen LogP contribution < -0.4 is 0 Å². The van der Waals surface area contributed by atoms with Crippen molar-refractivity contribution in [2.24, 2.45) is 17.8 Å². The van der Waals surface area contributed by atoms with Gasteiger partial charge in [0.1, 0.15) is 0 Å². The van der Waals surface area contributed by atoms with Crippen molar-refractivity contribution in [2.75, 3.05) is 0 Å². The molecule has 0 spiro atoms. The van der Waals surface area contributed by atoms with Gasteiger partial charge in [-0.05, 0) is 62.7 Å². The number of fused-ring (bicyclic) bond motifs is 1. The third kappa shape index (κ3) is 1.56. The Labute approximate surface area is 81.4 Å². The first-order chi connectivity index (χ1) is 6.43. The molecule has 0 heteroatoms. The van der Waals surface area contributed by atoms with Crippen LogP contribution in [-0.4, -0.2) is 0 Å². The molecule has 13 heavy (non-hydrogen) atoms. The quantitative estimate of drug-likeness (QED) is 0.531. The van der Waals surface area contributed by atoms with E-state index < -0.39 is 0 Å². The molecular formula is C13H20. The van der Waals surface area contributed by atoms with Crippen molar-refractivity contribution in [2.45, 2.75) is 51.4 Å². The highest BCUT2D eigenvalue weighted by atomic mass is 14.4. The summed E-state index contributed by atoms with van der Waals surface area (Å²) >= 11 is 0. The van der Waals surface area contributed by atoms with Crippen LogP contribution in [0, 0.1) is 17.8 Å². The van der Waals surface area contributed by atoms with Gasteiger partial charge in [-0.3, -0.25) is 0 Å². The fraction of sp³-hybridized carbons (Fsp3) is 0.846. The van der Waals surface area contributed by atoms with E-state index in [4.69, 9.17) is 0 Å². The second-order valence-corrected chi connectivity index (χ2v) is 5.26. The monoisotopic (exact) mass is 176 g/mol. The van der Waals surface area contributed by atoms with E-state index in [1.165, 1.54) is 51.4 Å². The fourth-order valence-electron chi connectivity index (χ4n) is 3.31. The van der Waals surface area contributed by atoms with Gasteiger partial charge in [0.05, 0.1) is 0 Å². The van der Waals surface area contributed by atoms with Crippen molar-refractivity contribution >= 4 is 0 Å². The summed E-state index contributed by atoms with van der Waals surface area (Å²) < 4.78 is 0. The Morgan fingerprint density at radius 2 is 1.85 bits per heavy atom. The Hall–Kier alpha value is -0.260. The lowest BCUT2D eigenvalue weighted by Crippen LogP contribution is -2.18. The minimum absolute atomic E-state index is 1.00. The zero-order chi connectivity index (χ0) is 8.67. The van der Waals surface area contributed by atoms with Gasteiger partial charge < -0.3 is 0 Å². The molecule has 0 aromatic rings. The van der Waals surface area contributed by atoms with E-state index in [9.17, 15) is 0 Å². The molecule has 3 aliphatic carbocycles. The largest absolute Gasteiger partial charge is 0.0817 e. The summed E-state index contributed by atoms with van der Waals surface area (Å²) in [5.41, 5.74) is 1.86. The molecular weight excluding hydrogens is 156 g/mol. The van der Waals surface area contributed by atoms with E-state index in [1.54, 1.807) is 0 Å². The summed E-state index contributed by atoms with van der Waals surface area (Å²) in [5.74, 6) is 3.13. The maximum absolute atomic E-state index is 2.69. The molecule has 0 nitrogen and oxygen atoms in total. The van der Waals surface area contributed by atoms with Crippen LogP contribution in [0.1, 0.15) is 51.4 Å². The van der Waals surface area contributed by atoms with Crippen molar-refractivity contribution in [1.29, 1.82) is 0 Å². The van der Waals surface area contributed by atoms with Gasteiger partial charge in [-0.25, -0.2) is 0 Å². The summed E-state index contributed by atoms with van der Waals surface area (Å²) in [5, 5.41) is 0. The molecule has 2 fully saturated rings. The van der Waals surface area contributed by atoms with Crippen LogP contribution in [0.3, 0.4) is 0 Å². The lowest BCUT2D eigenvalue weighted by atomic mass is 9.74. The summed E-state index contributed by atoms with van der Waals surface area (Å²) in [6.45, 7) is 0. The Balaban J connectivity index is 1.75. The third-order valence-corrected chi connectivity index (χ3v) is 4.30. The molecule has 0 aromatic carbocycles. The highest BCUT2D eigenvalue weighted by Crippen LogP contribution is 2.46. The van der Waals surface area contributed by atoms with Gasteiger partial charge in [-0.2, -0.15) is 0 Å². The van der Waals surface area contributed by atoms with E-state index >= 15 is 0 Å². The maximum atomic E-state index is 2.69. The van der Waals surface area contributed by atoms with Gasteiger partial charge in [0.15, 0.2) is 0 Å². The van der Waals surface area contributed by atoms with Crippen LogP contribution in [0.15, 0.2) is 11.6 Å². The molecule has 0 saturated heterocycles. The molecule has 72 valence electrons. The van der Waals surface area contributed by atoms with Gasteiger partial charge >= 0.3 is 0 Å². The first kappa shape index (κ1) is 8.08. The molecule has 2 atom stereocenters. The van der Waals surface area contributed by atoms with Crippen LogP contribution >= 0.6 is 0 Å². The van der Waals surface area contributed by atoms with E-state index in [2.05, 4.69) is 6.08 Å². The van der Waals surface area contributed by atoms with Crippen molar-refractivity contribution in [3.8, 4) is 0 Å². The van der Waals surface area contributed by atoms with Crippen LogP contribution in [0.25, 0.3) is 0 Å². The minimum atomic E-state index is 1.00. The van der Waals surface area contributed by atoms with E-state index in [1.807, 2.05) is 5.57 Å². The topological polar surface area (TPSA) is 0 Å². The molecule has 2 unspecified atom stereocenters. The normalized spacial score (nSPS) is 39.5. The van der Waals surface area contributed by atoms with Crippen molar-refractivity contribution in [3.05, 3.63) is 11.6 Å². The lowest BCUT2D eigenvalue weighted by molar-refractivity contribution is 0.348. The molecule has 0 heterocycles. The first-order valence-electron chi connectivity index (χ1n) is 6.14. The highest BCUT2D eigenvalue weighted by molar-refractivity contribution is 5.15. The fourth-order valence-corrected chi connectivity index (χ4v) is 3.31. The summed E-state index contributed by atoms with van der Waals surface area (Å²) in [6.07, 6.45) is 14.7. The number of rotatable bonds is 1. The van der Waals surface area contributed by atoms with E-state index in [-0.39, 0.29) is 0 Å². The summed E-state index contributed by atoms with van der Waals surface area (Å²) in [7, 11) is 0. The van der Waals surface area contributed by atoms with Crippen LogP contribution in [0.5, 0.6) is 0 Å². The molecule has 0 radical (unpaired) electrons. The molecule has 3 aliphatic rings. The number of hydrogen-bond acceptors (Lipinski definition) is 0.